The van der Waals surface area contributed by atoms with Crippen LogP contribution in [0.1, 0.15) is 58.9 Å². The van der Waals surface area contributed by atoms with Crippen LogP contribution >= 0.6 is 0 Å². The van der Waals surface area contributed by atoms with E-state index in [0.717, 1.165) is 38.0 Å². The molecule has 28 heavy (non-hydrogen) atoms. The van der Waals surface area contributed by atoms with Gasteiger partial charge < -0.3 is 15.2 Å². The average Bonchev–Trinajstić information content (AvgIpc) is 2.98. The molecular weight excluding hydrogens is 356 g/mol. The highest BCUT2D eigenvalue weighted by Gasteiger charge is 2.23. The predicted molar refractivity (Wildman–Crippen MR) is 109 cm³/mol. The molecule has 1 aromatic rings. The first-order chi connectivity index (χ1) is 13.1. The monoisotopic (exact) mass is 392 g/mol. The lowest BCUT2D eigenvalue weighted by Crippen LogP contribution is -2.48. The number of nitrogens with one attached hydrogen (secondary N) is 2. The van der Waals surface area contributed by atoms with E-state index in [0.29, 0.717) is 30.7 Å². The molecule has 2 rings (SSSR count). The first-order valence-electron chi connectivity index (χ1n) is 10.4. The van der Waals surface area contributed by atoms with Crippen LogP contribution in [-0.2, 0) is 22.4 Å². The number of hydrogen-bond acceptors (Lipinski definition) is 5. The van der Waals surface area contributed by atoms with Crippen molar-refractivity contribution in [3.63, 3.8) is 0 Å². The second-order valence-corrected chi connectivity index (χ2v) is 9.38. The minimum Gasteiger partial charge on any atom is -0.361 e. The summed E-state index contributed by atoms with van der Waals surface area (Å²) < 4.78 is 5.26. The largest absolute Gasteiger partial charge is 0.361 e. The molecule has 0 unspecified atom stereocenters. The third-order valence-electron chi connectivity index (χ3n) is 4.74. The van der Waals surface area contributed by atoms with Crippen LogP contribution in [0.25, 0.3) is 0 Å². The van der Waals surface area contributed by atoms with E-state index in [1.54, 1.807) is 0 Å². The molecule has 7 heteroatoms. The molecule has 7 nitrogen and oxygen atoms in total. The SMILES string of the molecule is CC(C)Cc1cc(CC(=O)NCC2CCN(CC(=O)NC(C)(C)C)CC2)on1. The van der Waals surface area contributed by atoms with Gasteiger partial charge in [-0.3, -0.25) is 14.5 Å². The number of nitrogens with zero attached hydrogens (tertiary/aromatic N) is 2. The molecule has 0 aromatic carbocycles. The lowest BCUT2D eigenvalue weighted by molar-refractivity contribution is -0.124. The Bertz CT molecular complexity index is 640. The Morgan fingerprint density at radius 1 is 1.25 bits per heavy atom. The fourth-order valence-electron chi connectivity index (χ4n) is 3.44. The third-order valence-corrected chi connectivity index (χ3v) is 4.74. The maximum atomic E-state index is 12.2. The summed E-state index contributed by atoms with van der Waals surface area (Å²) in [6, 6.07) is 1.88. The van der Waals surface area contributed by atoms with Crippen LogP contribution in [-0.4, -0.2) is 53.6 Å². The van der Waals surface area contributed by atoms with Crippen LogP contribution in [0.15, 0.2) is 10.6 Å². The molecule has 0 spiro atoms. The second-order valence-electron chi connectivity index (χ2n) is 9.38. The van der Waals surface area contributed by atoms with Gasteiger partial charge in [-0.1, -0.05) is 19.0 Å². The Balaban J connectivity index is 1.64. The third kappa shape index (κ3) is 8.42. The van der Waals surface area contributed by atoms with Crippen molar-refractivity contribution in [3.8, 4) is 0 Å². The lowest BCUT2D eigenvalue weighted by Gasteiger charge is -2.32. The van der Waals surface area contributed by atoms with Gasteiger partial charge in [-0.2, -0.15) is 0 Å². The van der Waals surface area contributed by atoms with Crippen LogP contribution in [0.4, 0.5) is 0 Å². The number of piperidine rings is 1. The maximum absolute atomic E-state index is 12.2. The van der Waals surface area contributed by atoms with Crippen molar-refractivity contribution in [3.05, 3.63) is 17.5 Å². The van der Waals surface area contributed by atoms with Gasteiger partial charge in [0.1, 0.15) is 5.76 Å². The van der Waals surface area contributed by atoms with Crippen molar-refractivity contribution in [1.29, 1.82) is 0 Å². The minimum atomic E-state index is -0.196. The summed E-state index contributed by atoms with van der Waals surface area (Å²) in [5.41, 5.74) is 0.708. The molecule has 0 radical (unpaired) electrons. The number of hydrogen-bond donors (Lipinski definition) is 2. The van der Waals surface area contributed by atoms with Crippen molar-refractivity contribution in [2.75, 3.05) is 26.2 Å². The fraction of sp³-hybridized carbons (Fsp3) is 0.762. The number of carbonyl (C=O) groups is 2. The van der Waals surface area contributed by atoms with E-state index in [1.165, 1.54) is 0 Å². The zero-order valence-corrected chi connectivity index (χ0v) is 18.0. The highest BCUT2D eigenvalue weighted by Crippen LogP contribution is 2.16. The maximum Gasteiger partial charge on any atom is 0.234 e. The molecule has 1 aromatic heterocycles. The summed E-state index contributed by atoms with van der Waals surface area (Å²) in [6.07, 6.45) is 3.07. The molecule has 158 valence electrons. The smallest absolute Gasteiger partial charge is 0.234 e. The molecule has 1 fully saturated rings. The summed E-state index contributed by atoms with van der Waals surface area (Å²) in [5, 5.41) is 10.0. The first-order valence-corrected chi connectivity index (χ1v) is 10.4. The van der Waals surface area contributed by atoms with Crippen LogP contribution in [0.2, 0.25) is 0 Å². The van der Waals surface area contributed by atoms with Gasteiger partial charge in [0.2, 0.25) is 11.8 Å². The van der Waals surface area contributed by atoms with E-state index in [1.807, 2.05) is 26.8 Å². The molecule has 2 heterocycles. The van der Waals surface area contributed by atoms with Crippen molar-refractivity contribution in [2.24, 2.45) is 11.8 Å². The fourth-order valence-corrected chi connectivity index (χ4v) is 3.44. The molecule has 2 amide bonds. The Morgan fingerprint density at radius 2 is 1.93 bits per heavy atom. The minimum absolute atomic E-state index is 0.0285. The summed E-state index contributed by atoms with van der Waals surface area (Å²) in [6.45, 7) is 13.1. The second kappa shape index (κ2) is 10.0. The van der Waals surface area contributed by atoms with Crippen molar-refractivity contribution < 1.29 is 14.1 Å². The van der Waals surface area contributed by atoms with E-state index in [-0.39, 0.29) is 23.8 Å². The molecule has 1 saturated heterocycles. The molecule has 1 aliphatic rings. The summed E-state index contributed by atoms with van der Waals surface area (Å²) in [7, 11) is 0. The molecule has 0 saturated carbocycles. The van der Waals surface area contributed by atoms with Gasteiger partial charge in [0.25, 0.3) is 0 Å². The topological polar surface area (TPSA) is 87.5 Å². The van der Waals surface area contributed by atoms with Gasteiger partial charge in [0, 0.05) is 18.2 Å². The standard InChI is InChI=1S/C21H36N4O3/c1-15(2)10-17-11-18(28-24-17)12-19(26)22-13-16-6-8-25(9-7-16)14-20(27)23-21(3,4)5/h11,15-16H,6-10,12-14H2,1-5H3,(H,22,26)(H,23,27). The number of aromatic nitrogens is 1. The van der Waals surface area contributed by atoms with Gasteiger partial charge >= 0.3 is 0 Å². The van der Waals surface area contributed by atoms with E-state index in [4.69, 9.17) is 4.52 Å². The van der Waals surface area contributed by atoms with Gasteiger partial charge in [-0.25, -0.2) is 0 Å². The normalized spacial score (nSPS) is 16.4. The quantitative estimate of drug-likeness (QED) is 0.708. The molecule has 0 bridgehead atoms. The number of carbonyl (C=O) groups excluding carboxylic acids is 2. The van der Waals surface area contributed by atoms with Gasteiger partial charge in [0.05, 0.1) is 18.7 Å². The highest BCUT2D eigenvalue weighted by atomic mass is 16.5. The van der Waals surface area contributed by atoms with E-state index < -0.39 is 0 Å². The summed E-state index contributed by atoms with van der Waals surface area (Å²) in [5.74, 6) is 1.63. The highest BCUT2D eigenvalue weighted by molar-refractivity contribution is 5.78. The van der Waals surface area contributed by atoms with E-state index in [2.05, 4.69) is 34.5 Å². The molecule has 0 atom stereocenters. The zero-order chi connectivity index (χ0) is 20.7. The molecule has 2 N–H and O–H groups in total. The average molecular weight is 393 g/mol. The number of amides is 2. The van der Waals surface area contributed by atoms with E-state index in [9.17, 15) is 9.59 Å². The van der Waals surface area contributed by atoms with Gasteiger partial charge in [-0.15, -0.1) is 0 Å². The van der Waals surface area contributed by atoms with Crippen LogP contribution < -0.4 is 10.6 Å². The number of likely N-dealkylation sites (tertiary alicyclic amines) is 1. The van der Waals surface area contributed by atoms with Gasteiger partial charge in [-0.05, 0) is 65.0 Å². The lowest BCUT2D eigenvalue weighted by atomic mass is 9.96. The Kier molecular flexibility index (Phi) is 8.04. The summed E-state index contributed by atoms with van der Waals surface area (Å²) in [4.78, 5) is 26.4. The Morgan fingerprint density at radius 3 is 2.54 bits per heavy atom. The van der Waals surface area contributed by atoms with Crippen molar-refractivity contribution in [1.82, 2.24) is 20.7 Å². The Labute approximate surface area is 168 Å². The summed E-state index contributed by atoms with van der Waals surface area (Å²) >= 11 is 0. The molecular formula is C21H36N4O3. The van der Waals surface area contributed by atoms with Crippen LogP contribution in [0.5, 0.6) is 0 Å². The van der Waals surface area contributed by atoms with Crippen LogP contribution in [0.3, 0.4) is 0 Å². The van der Waals surface area contributed by atoms with Crippen LogP contribution in [0, 0.1) is 11.8 Å². The molecule has 1 aliphatic heterocycles. The number of rotatable bonds is 8. The van der Waals surface area contributed by atoms with E-state index >= 15 is 0 Å². The Hall–Kier alpha value is -1.89. The van der Waals surface area contributed by atoms with Gasteiger partial charge in [0.15, 0.2) is 0 Å². The van der Waals surface area contributed by atoms with Crippen molar-refractivity contribution >= 4 is 11.8 Å². The zero-order valence-electron chi connectivity index (χ0n) is 18.0. The molecule has 0 aliphatic carbocycles. The first kappa shape index (κ1) is 22.4. The van der Waals surface area contributed by atoms with Crippen molar-refractivity contribution in [2.45, 2.75) is 65.8 Å². The predicted octanol–water partition coefficient (Wildman–Crippen LogP) is 2.16.